The summed E-state index contributed by atoms with van der Waals surface area (Å²) in [5.41, 5.74) is 4.54. The van der Waals surface area contributed by atoms with E-state index in [4.69, 9.17) is 38.4 Å². The van der Waals surface area contributed by atoms with Gasteiger partial charge in [-0.25, -0.2) is 14.4 Å². The molecule has 0 atom stereocenters. The summed E-state index contributed by atoms with van der Waals surface area (Å²) in [6, 6.07) is 24.1. The van der Waals surface area contributed by atoms with Crippen molar-refractivity contribution in [3.05, 3.63) is 95.4 Å². The van der Waals surface area contributed by atoms with E-state index in [0.717, 1.165) is 65.7 Å². The zero-order chi connectivity index (χ0) is 41.2. The first-order valence-electron chi connectivity index (χ1n) is 20.2. The van der Waals surface area contributed by atoms with Crippen LogP contribution in [0.5, 0.6) is 34.5 Å². The second-order valence-corrected chi connectivity index (χ2v) is 15.5. The van der Waals surface area contributed by atoms with Crippen LogP contribution in [-0.2, 0) is 0 Å². The number of halogens is 1. The number of nitrogens with zero attached hydrogens (tertiary/aromatic N) is 2. The monoisotopic (exact) mass is 840 g/mol. The molecule has 0 spiro atoms. The van der Waals surface area contributed by atoms with Gasteiger partial charge in [-0.1, -0.05) is 52.4 Å². The first kappa shape index (κ1) is 43.1. The number of ether oxygens (including phenoxy) is 6. The zero-order valence-electron chi connectivity index (χ0n) is 34.2. The highest BCUT2D eigenvalue weighted by atomic mass is 32.1. The highest BCUT2D eigenvalue weighted by molar-refractivity contribution is 7.14. The molecule has 0 aliphatic heterocycles. The van der Waals surface area contributed by atoms with E-state index >= 15 is 0 Å². The van der Waals surface area contributed by atoms with Gasteiger partial charge >= 0.3 is 0 Å². The molecule has 2 heterocycles. The Morgan fingerprint density at radius 2 is 1.03 bits per heavy atom. The molecule has 2 N–H and O–H groups in total. The van der Waals surface area contributed by atoms with Crippen LogP contribution in [0.1, 0.15) is 65.2 Å². The van der Waals surface area contributed by atoms with Crippen molar-refractivity contribution >= 4 is 44.3 Å². The fourth-order valence-corrected chi connectivity index (χ4v) is 7.63. The standard InChI is InChI=1S/C46H53FN4O6S2/c1-5-7-9-10-12-23-54-34-16-13-32(14-17-34)48-45-50-40(30-58-45)37-29-36(19-21-42(37)53-4)55-25-26-57-43-22-18-35(52-3)28-38(43)41-31-59-46(51-41)49-33-15-20-44(39(47)27-33)56-24-11-8-6-2/h13-22,27-31H,5-12,23-26H2,1-4H3,(H,48,50)(H,49,51). The van der Waals surface area contributed by atoms with Crippen LogP contribution in [0.3, 0.4) is 0 Å². The maximum Gasteiger partial charge on any atom is 0.187 e. The molecule has 4 aromatic carbocycles. The van der Waals surface area contributed by atoms with Crippen molar-refractivity contribution in [1.82, 2.24) is 9.97 Å². The molecule has 0 aliphatic rings. The van der Waals surface area contributed by atoms with Crippen molar-refractivity contribution in [1.29, 1.82) is 0 Å². The molecule has 312 valence electrons. The van der Waals surface area contributed by atoms with Crippen LogP contribution in [0.4, 0.5) is 26.0 Å². The number of rotatable bonds is 25. The van der Waals surface area contributed by atoms with Crippen molar-refractivity contribution < 1.29 is 32.8 Å². The molecule has 0 unspecified atom stereocenters. The van der Waals surface area contributed by atoms with Crippen LogP contribution >= 0.6 is 22.7 Å². The molecule has 13 heteroatoms. The van der Waals surface area contributed by atoms with Gasteiger partial charge in [0.1, 0.15) is 42.0 Å². The summed E-state index contributed by atoms with van der Waals surface area (Å²) in [6.45, 7) is 6.13. The lowest BCUT2D eigenvalue weighted by Crippen LogP contribution is -2.09. The molecule has 0 saturated carbocycles. The molecule has 0 radical (unpaired) electrons. The summed E-state index contributed by atoms with van der Waals surface area (Å²) in [6.07, 6.45) is 9.08. The maximum absolute atomic E-state index is 14.7. The van der Waals surface area contributed by atoms with E-state index in [1.807, 2.05) is 71.4 Å². The molecule has 0 saturated heterocycles. The van der Waals surface area contributed by atoms with Gasteiger partial charge in [0.15, 0.2) is 21.8 Å². The van der Waals surface area contributed by atoms with Crippen LogP contribution in [0.15, 0.2) is 89.6 Å². The predicted molar refractivity (Wildman–Crippen MR) is 238 cm³/mol. The van der Waals surface area contributed by atoms with Crippen molar-refractivity contribution in [2.24, 2.45) is 0 Å². The molecule has 0 fully saturated rings. The molecule has 6 aromatic rings. The Kier molecular flexibility index (Phi) is 16.5. The van der Waals surface area contributed by atoms with E-state index in [1.54, 1.807) is 26.4 Å². The normalized spacial score (nSPS) is 10.9. The topological polar surface area (TPSA) is 105 Å². The third-order valence-electron chi connectivity index (χ3n) is 9.34. The summed E-state index contributed by atoms with van der Waals surface area (Å²) >= 11 is 2.92. The number of unbranched alkanes of at least 4 members (excludes halogenated alkanes) is 6. The Balaban J connectivity index is 1.03. The predicted octanol–water partition coefficient (Wildman–Crippen LogP) is 13.0. The van der Waals surface area contributed by atoms with E-state index in [0.29, 0.717) is 46.1 Å². The van der Waals surface area contributed by atoms with Crippen molar-refractivity contribution in [3.63, 3.8) is 0 Å². The fourth-order valence-electron chi connectivity index (χ4n) is 6.17. The lowest BCUT2D eigenvalue weighted by molar-refractivity contribution is 0.217. The van der Waals surface area contributed by atoms with E-state index in [9.17, 15) is 4.39 Å². The van der Waals surface area contributed by atoms with Gasteiger partial charge < -0.3 is 39.1 Å². The summed E-state index contributed by atoms with van der Waals surface area (Å²) in [5.74, 6) is 3.33. The highest BCUT2D eigenvalue weighted by Crippen LogP contribution is 2.38. The molecule has 0 amide bonds. The molecular formula is C46H53FN4O6S2. The van der Waals surface area contributed by atoms with Gasteiger partial charge in [-0.05, 0) is 85.6 Å². The number of hydrogen-bond donors (Lipinski definition) is 2. The van der Waals surface area contributed by atoms with Crippen molar-refractivity contribution in [2.75, 3.05) is 51.3 Å². The van der Waals surface area contributed by atoms with Gasteiger partial charge in [0.05, 0.1) is 38.8 Å². The number of hydrogen-bond acceptors (Lipinski definition) is 12. The van der Waals surface area contributed by atoms with Gasteiger partial charge in [0.25, 0.3) is 0 Å². The van der Waals surface area contributed by atoms with E-state index < -0.39 is 5.82 Å². The highest BCUT2D eigenvalue weighted by Gasteiger charge is 2.15. The second-order valence-electron chi connectivity index (χ2n) is 13.7. The smallest absolute Gasteiger partial charge is 0.187 e. The van der Waals surface area contributed by atoms with Crippen LogP contribution in [0, 0.1) is 5.82 Å². The van der Waals surface area contributed by atoms with E-state index in [2.05, 4.69) is 24.5 Å². The molecule has 2 aromatic heterocycles. The number of anilines is 4. The quantitative estimate of drug-likeness (QED) is 0.0541. The Bertz CT molecular complexity index is 2190. The fraction of sp³-hybridized carbons (Fsp3) is 0.348. The molecular weight excluding hydrogens is 788 g/mol. The molecule has 59 heavy (non-hydrogen) atoms. The summed E-state index contributed by atoms with van der Waals surface area (Å²) in [5, 5.41) is 11.9. The van der Waals surface area contributed by atoms with Crippen LogP contribution in [0.25, 0.3) is 22.5 Å². The second kappa shape index (κ2) is 22.6. The third-order valence-corrected chi connectivity index (χ3v) is 10.9. The minimum absolute atomic E-state index is 0.245. The van der Waals surface area contributed by atoms with Crippen molar-refractivity contribution in [2.45, 2.75) is 65.2 Å². The lowest BCUT2D eigenvalue weighted by atomic mass is 10.1. The average Bonchev–Trinajstić information content (AvgIpc) is 3.93. The molecule has 6 rings (SSSR count). The third kappa shape index (κ3) is 12.7. The summed E-state index contributed by atoms with van der Waals surface area (Å²) < 4.78 is 49.9. The van der Waals surface area contributed by atoms with Gasteiger partial charge in [0.2, 0.25) is 0 Å². The van der Waals surface area contributed by atoms with Crippen LogP contribution in [-0.4, -0.2) is 50.6 Å². The van der Waals surface area contributed by atoms with Gasteiger partial charge in [-0.3, -0.25) is 0 Å². The largest absolute Gasteiger partial charge is 0.497 e. The molecule has 0 aliphatic carbocycles. The SMILES string of the molecule is CCCCCCCOc1ccc(Nc2nc(-c3cc(OCCOc4ccc(OC)cc4-c4csc(Nc5ccc(OCCCCC)c(F)c5)n4)ccc3OC)cs2)cc1. The maximum atomic E-state index is 14.7. The van der Waals surface area contributed by atoms with Gasteiger partial charge in [-0.2, -0.15) is 0 Å². The van der Waals surface area contributed by atoms with E-state index in [1.165, 1.54) is 54.4 Å². The first-order chi connectivity index (χ1) is 29.0. The van der Waals surface area contributed by atoms with Crippen LogP contribution in [0.2, 0.25) is 0 Å². The summed E-state index contributed by atoms with van der Waals surface area (Å²) in [4.78, 5) is 9.62. The Morgan fingerprint density at radius 3 is 1.75 bits per heavy atom. The minimum Gasteiger partial charge on any atom is -0.497 e. The van der Waals surface area contributed by atoms with E-state index in [-0.39, 0.29) is 19.0 Å². The number of thiazole rings is 2. The number of nitrogens with one attached hydrogen (secondary N) is 2. The molecule has 10 nitrogen and oxygen atoms in total. The number of benzene rings is 4. The molecule has 0 bridgehead atoms. The summed E-state index contributed by atoms with van der Waals surface area (Å²) in [7, 11) is 3.26. The Hall–Kier alpha value is -5.53. The first-order valence-corrected chi connectivity index (χ1v) is 21.9. The van der Waals surface area contributed by atoms with Crippen molar-refractivity contribution in [3.8, 4) is 57.0 Å². The lowest BCUT2D eigenvalue weighted by Gasteiger charge is -2.14. The Labute approximate surface area is 354 Å². The minimum atomic E-state index is -0.420. The number of methoxy groups -OCH3 is 2. The van der Waals surface area contributed by atoms with Gasteiger partial charge in [-0.15, -0.1) is 22.7 Å². The van der Waals surface area contributed by atoms with Gasteiger partial charge in [0, 0.05) is 39.3 Å². The number of aromatic nitrogens is 2. The Morgan fingerprint density at radius 1 is 0.508 bits per heavy atom. The van der Waals surface area contributed by atoms with Crippen LogP contribution < -0.4 is 39.1 Å². The zero-order valence-corrected chi connectivity index (χ0v) is 35.8. The average molecular weight is 841 g/mol.